The highest BCUT2D eigenvalue weighted by atomic mass is 16.2. The first-order valence-electron chi connectivity index (χ1n) is 8.80. The Kier molecular flexibility index (Phi) is 4.67. The van der Waals surface area contributed by atoms with Gasteiger partial charge >= 0.3 is 5.69 Å². The summed E-state index contributed by atoms with van der Waals surface area (Å²) in [6, 6.07) is 2.04. The Morgan fingerprint density at radius 3 is 2.46 bits per heavy atom. The first kappa shape index (κ1) is 17.9. The maximum Gasteiger partial charge on any atom is 0.332 e. The molecule has 0 saturated carbocycles. The van der Waals surface area contributed by atoms with Gasteiger partial charge in [0.05, 0.1) is 5.69 Å². The maximum atomic E-state index is 12.9. The molecule has 3 aromatic rings. The van der Waals surface area contributed by atoms with Crippen molar-refractivity contribution < 1.29 is 0 Å². The number of aromatic nitrogens is 6. The van der Waals surface area contributed by atoms with Gasteiger partial charge in [-0.15, -0.1) is 0 Å². The fourth-order valence-corrected chi connectivity index (χ4v) is 3.07. The van der Waals surface area contributed by atoms with Crippen LogP contribution in [-0.2, 0) is 33.5 Å². The summed E-state index contributed by atoms with van der Waals surface area (Å²) < 4.78 is 6.11. The lowest BCUT2D eigenvalue weighted by Crippen LogP contribution is -2.39. The van der Waals surface area contributed by atoms with Gasteiger partial charge in [0.25, 0.3) is 5.56 Å². The van der Waals surface area contributed by atoms with Crippen molar-refractivity contribution in [3.8, 4) is 5.95 Å². The van der Waals surface area contributed by atoms with Crippen LogP contribution in [0.1, 0.15) is 32.2 Å². The molecule has 0 aliphatic heterocycles. The van der Waals surface area contributed by atoms with E-state index < -0.39 is 0 Å². The second-order valence-corrected chi connectivity index (χ2v) is 6.22. The zero-order valence-corrected chi connectivity index (χ0v) is 15.9. The van der Waals surface area contributed by atoms with Crippen LogP contribution in [0, 0.1) is 0 Å². The van der Waals surface area contributed by atoms with Crippen molar-refractivity contribution in [3.63, 3.8) is 0 Å². The first-order chi connectivity index (χ1) is 12.4. The second-order valence-electron chi connectivity index (χ2n) is 6.22. The zero-order chi connectivity index (χ0) is 19.0. The van der Waals surface area contributed by atoms with E-state index in [-0.39, 0.29) is 17.8 Å². The predicted molar refractivity (Wildman–Crippen MR) is 101 cm³/mol. The van der Waals surface area contributed by atoms with Crippen LogP contribution in [0.25, 0.3) is 17.1 Å². The lowest BCUT2D eigenvalue weighted by atomic mass is 10.3. The van der Waals surface area contributed by atoms with E-state index in [1.165, 1.54) is 9.13 Å². The van der Waals surface area contributed by atoms with Gasteiger partial charge < -0.3 is 4.57 Å². The van der Waals surface area contributed by atoms with Crippen LogP contribution in [0.4, 0.5) is 0 Å². The summed E-state index contributed by atoms with van der Waals surface area (Å²) in [6.07, 6.45) is 5.20. The van der Waals surface area contributed by atoms with Crippen molar-refractivity contribution in [2.45, 2.75) is 40.2 Å². The smallest absolute Gasteiger partial charge is 0.306 e. The second kappa shape index (κ2) is 6.78. The largest absolute Gasteiger partial charge is 0.332 e. The Balaban J connectivity index is 2.35. The van der Waals surface area contributed by atoms with E-state index in [0.29, 0.717) is 17.1 Å². The van der Waals surface area contributed by atoms with E-state index in [9.17, 15) is 9.59 Å². The topological polar surface area (TPSA) is 79.6 Å². The first-order valence-corrected chi connectivity index (χ1v) is 8.80. The number of imidazole rings is 1. The summed E-state index contributed by atoms with van der Waals surface area (Å²) in [5, 5.41) is 4.61. The summed E-state index contributed by atoms with van der Waals surface area (Å²) in [6.45, 7) is 6.19. The molecule has 8 nitrogen and oxygen atoms in total. The number of nitrogens with zero attached hydrogens (tertiary/aromatic N) is 6. The molecule has 8 heteroatoms. The molecule has 0 saturated heterocycles. The van der Waals surface area contributed by atoms with E-state index in [1.54, 1.807) is 29.4 Å². The number of fused-ring (bicyclic) bond motifs is 1. The normalized spacial score (nSPS) is 11.9. The van der Waals surface area contributed by atoms with Crippen LogP contribution in [0.2, 0.25) is 0 Å². The van der Waals surface area contributed by atoms with Crippen molar-refractivity contribution in [2.24, 2.45) is 14.1 Å². The summed E-state index contributed by atoms with van der Waals surface area (Å²) >= 11 is 0. The quantitative estimate of drug-likeness (QED) is 0.646. The molecule has 0 radical (unpaired) electrons. The predicted octanol–water partition coefficient (Wildman–Crippen LogP) is 1.32. The minimum atomic E-state index is -0.379. The van der Waals surface area contributed by atoms with Crippen molar-refractivity contribution in [1.82, 2.24) is 28.5 Å². The Morgan fingerprint density at radius 2 is 1.85 bits per heavy atom. The van der Waals surface area contributed by atoms with Crippen LogP contribution in [-0.4, -0.2) is 28.5 Å². The van der Waals surface area contributed by atoms with Crippen LogP contribution < -0.4 is 11.2 Å². The fraction of sp³-hybridized carbons (Fsp3) is 0.444. The third kappa shape index (κ3) is 2.61. The summed E-state index contributed by atoms with van der Waals surface area (Å²) in [5.41, 5.74) is 2.01. The molecule has 0 fully saturated rings. The molecule has 3 aromatic heterocycles. The third-order valence-electron chi connectivity index (χ3n) is 4.61. The molecular formula is C18H24N6O2. The minimum Gasteiger partial charge on any atom is -0.306 e. The van der Waals surface area contributed by atoms with E-state index in [1.807, 2.05) is 26.0 Å². The monoisotopic (exact) mass is 356 g/mol. The summed E-state index contributed by atoms with van der Waals surface area (Å²) in [7, 11) is 3.41. The van der Waals surface area contributed by atoms with Crippen molar-refractivity contribution in [1.29, 1.82) is 0 Å². The van der Waals surface area contributed by atoms with Crippen LogP contribution in [0.3, 0.4) is 0 Å². The maximum absolute atomic E-state index is 12.9. The highest BCUT2D eigenvalue weighted by Crippen LogP contribution is 2.16. The van der Waals surface area contributed by atoms with Crippen molar-refractivity contribution in [3.05, 3.63) is 50.4 Å². The highest BCUT2D eigenvalue weighted by Gasteiger charge is 2.20. The van der Waals surface area contributed by atoms with Gasteiger partial charge in [0, 0.05) is 26.3 Å². The van der Waals surface area contributed by atoms with Gasteiger partial charge in [-0.25, -0.2) is 9.48 Å². The van der Waals surface area contributed by atoms with Crippen LogP contribution in [0.15, 0.2) is 27.8 Å². The van der Waals surface area contributed by atoms with E-state index in [2.05, 4.69) is 17.0 Å². The lowest BCUT2D eigenvalue weighted by molar-refractivity contribution is 0.664. The number of rotatable bonds is 5. The molecule has 0 N–H and O–H groups in total. The minimum absolute atomic E-state index is 0.237. The Labute approximate surface area is 151 Å². The molecule has 0 atom stereocenters. The molecule has 26 heavy (non-hydrogen) atoms. The molecule has 0 aliphatic carbocycles. The Hall–Kier alpha value is -2.90. The number of hydrogen-bond acceptors (Lipinski definition) is 4. The zero-order valence-electron chi connectivity index (χ0n) is 15.9. The SMILES string of the molecule is C/C=C\Cn1c(=O)c2c(nc(-n3nc(CC)cc3CC)n2C)n(C)c1=O. The molecule has 0 spiro atoms. The molecular weight excluding hydrogens is 332 g/mol. The molecule has 0 bridgehead atoms. The van der Waals surface area contributed by atoms with Crippen LogP contribution in [0.5, 0.6) is 0 Å². The molecule has 3 rings (SSSR count). The van der Waals surface area contributed by atoms with Gasteiger partial charge in [0.15, 0.2) is 11.2 Å². The fourth-order valence-electron chi connectivity index (χ4n) is 3.07. The average molecular weight is 356 g/mol. The molecule has 0 unspecified atom stereocenters. The van der Waals surface area contributed by atoms with Crippen molar-refractivity contribution in [2.75, 3.05) is 0 Å². The van der Waals surface area contributed by atoms with Gasteiger partial charge in [0.1, 0.15) is 0 Å². The number of allylic oxidation sites excluding steroid dienone is 2. The molecule has 138 valence electrons. The summed E-state index contributed by atoms with van der Waals surface area (Å²) in [4.78, 5) is 30.1. The third-order valence-corrected chi connectivity index (χ3v) is 4.61. The Morgan fingerprint density at radius 1 is 1.12 bits per heavy atom. The van der Waals surface area contributed by atoms with Gasteiger partial charge in [-0.2, -0.15) is 10.1 Å². The highest BCUT2D eigenvalue weighted by molar-refractivity contribution is 5.72. The van der Waals surface area contributed by atoms with Gasteiger partial charge in [0.2, 0.25) is 5.95 Å². The van der Waals surface area contributed by atoms with Crippen LogP contribution >= 0.6 is 0 Å². The average Bonchev–Trinajstić information content (AvgIpc) is 3.20. The molecule has 0 amide bonds. The summed E-state index contributed by atoms with van der Waals surface area (Å²) in [5.74, 6) is 0.535. The van der Waals surface area contributed by atoms with Gasteiger partial charge in [-0.1, -0.05) is 26.0 Å². The molecule has 0 aliphatic rings. The number of hydrogen-bond donors (Lipinski definition) is 0. The lowest BCUT2D eigenvalue weighted by Gasteiger charge is -2.07. The van der Waals surface area contributed by atoms with Gasteiger partial charge in [-0.3, -0.25) is 13.9 Å². The standard InChI is InChI=1S/C18H24N6O2/c1-6-9-10-23-16(25)14-15(22(5)18(23)26)19-17(21(14)4)24-13(8-3)11-12(7-2)20-24/h6,9,11H,7-8,10H2,1-5H3/b9-6-. The molecule has 0 aromatic carbocycles. The van der Waals surface area contributed by atoms with E-state index >= 15 is 0 Å². The number of aryl methyl sites for hydroxylation is 4. The van der Waals surface area contributed by atoms with E-state index in [0.717, 1.165) is 24.2 Å². The van der Waals surface area contributed by atoms with Crippen molar-refractivity contribution >= 4 is 11.2 Å². The van der Waals surface area contributed by atoms with Gasteiger partial charge in [-0.05, 0) is 25.8 Å². The Bertz CT molecular complexity index is 1110. The van der Waals surface area contributed by atoms with E-state index in [4.69, 9.17) is 0 Å². The molecule has 3 heterocycles.